The molecule has 1 aromatic heterocycles. The Balaban J connectivity index is 1.49. The quantitative estimate of drug-likeness (QED) is 0.287. The fourth-order valence-corrected chi connectivity index (χ4v) is 3.46. The van der Waals surface area contributed by atoms with E-state index in [4.69, 9.17) is 21.1 Å². The molecule has 0 aliphatic rings. The van der Waals surface area contributed by atoms with Crippen molar-refractivity contribution in [1.29, 1.82) is 0 Å². The van der Waals surface area contributed by atoms with Gasteiger partial charge in [-0.1, -0.05) is 29.8 Å². The minimum atomic E-state index is -0.389. The molecule has 34 heavy (non-hydrogen) atoms. The zero-order chi connectivity index (χ0) is 23.9. The van der Waals surface area contributed by atoms with Crippen molar-refractivity contribution in [3.8, 4) is 28.4 Å². The number of hydrogen-bond donors (Lipinski definition) is 1. The van der Waals surface area contributed by atoms with E-state index < -0.39 is 0 Å². The minimum absolute atomic E-state index is 0.215. The van der Waals surface area contributed by atoms with E-state index in [1.54, 1.807) is 24.2 Å². The summed E-state index contributed by atoms with van der Waals surface area (Å²) in [7, 11) is 1.60. The van der Waals surface area contributed by atoms with E-state index in [9.17, 15) is 4.79 Å². The van der Waals surface area contributed by atoms with Crippen LogP contribution >= 0.6 is 11.6 Å². The summed E-state index contributed by atoms with van der Waals surface area (Å²) in [6, 6.07) is 22.6. The normalized spacial score (nSPS) is 10.9. The number of carbonyl (C=O) groups is 1. The average Bonchev–Trinajstić information content (AvgIpc) is 3.35. The number of nitrogens with zero attached hydrogens (tertiary/aromatic N) is 3. The highest BCUT2D eigenvalue weighted by Gasteiger charge is 2.16. The maximum atomic E-state index is 12.3. The summed E-state index contributed by atoms with van der Waals surface area (Å²) in [4.78, 5) is 12.3. The van der Waals surface area contributed by atoms with Crippen LogP contribution in [0.15, 0.2) is 84.1 Å². The van der Waals surface area contributed by atoms with Crippen LogP contribution in [0.4, 0.5) is 0 Å². The van der Waals surface area contributed by atoms with Gasteiger partial charge in [-0.3, -0.25) is 4.79 Å². The topological polar surface area (TPSA) is 77.7 Å². The van der Waals surface area contributed by atoms with Crippen molar-refractivity contribution < 1.29 is 14.3 Å². The van der Waals surface area contributed by atoms with Gasteiger partial charge in [-0.15, -0.1) is 0 Å². The molecule has 1 heterocycles. The lowest BCUT2D eigenvalue weighted by atomic mass is 10.1. The van der Waals surface area contributed by atoms with Crippen molar-refractivity contribution in [2.75, 3.05) is 13.7 Å². The highest BCUT2D eigenvalue weighted by molar-refractivity contribution is 6.31. The van der Waals surface area contributed by atoms with E-state index in [1.807, 2.05) is 79.7 Å². The minimum Gasteiger partial charge on any atom is -0.497 e. The Hall–Kier alpha value is -4.10. The first-order chi connectivity index (χ1) is 16.5. The molecule has 0 fully saturated rings. The predicted molar refractivity (Wildman–Crippen MR) is 133 cm³/mol. The highest BCUT2D eigenvalue weighted by Crippen LogP contribution is 2.35. The zero-order valence-electron chi connectivity index (χ0n) is 18.7. The molecular formula is C26H23ClN4O3. The number of nitrogens with one attached hydrogen (secondary N) is 1. The van der Waals surface area contributed by atoms with E-state index >= 15 is 0 Å². The molecule has 0 aliphatic carbocycles. The van der Waals surface area contributed by atoms with Gasteiger partial charge in [0.15, 0.2) is 6.61 Å². The summed E-state index contributed by atoms with van der Waals surface area (Å²) in [6.45, 7) is 1.67. The van der Waals surface area contributed by atoms with Crippen molar-refractivity contribution in [2.45, 2.75) is 6.92 Å². The van der Waals surface area contributed by atoms with Crippen molar-refractivity contribution in [3.05, 3.63) is 95.1 Å². The second kappa shape index (κ2) is 10.7. The number of para-hydroxylation sites is 1. The van der Waals surface area contributed by atoms with Gasteiger partial charge in [0, 0.05) is 10.6 Å². The predicted octanol–water partition coefficient (Wildman–Crippen LogP) is 5.04. The fraction of sp³-hybridized carbons (Fsp3) is 0.115. The number of hydrazone groups is 1. The van der Waals surface area contributed by atoms with Crippen LogP contribution in [-0.2, 0) is 4.79 Å². The Morgan fingerprint density at radius 3 is 2.62 bits per heavy atom. The molecule has 172 valence electrons. The summed E-state index contributed by atoms with van der Waals surface area (Å²) in [5, 5.41) is 9.02. The van der Waals surface area contributed by atoms with Gasteiger partial charge in [0.25, 0.3) is 5.91 Å². The molecule has 0 radical (unpaired) electrons. The largest absolute Gasteiger partial charge is 0.497 e. The molecule has 0 spiro atoms. The first-order valence-electron chi connectivity index (χ1n) is 10.5. The van der Waals surface area contributed by atoms with Crippen molar-refractivity contribution in [2.24, 2.45) is 5.10 Å². The van der Waals surface area contributed by atoms with Gasteiger partial charge < -0.3 is 9.47 Å². The SMILES string of the molecule is COc1ccc(/C=N/NC(=O)COc2cc(C)c(Cl)cc2-c2ccnn2-c2ccccc2)cc1. The lowest BCUT2D eigenvalue weighted by Gasteiger charge is -2.15. The molecule has 1 N–H and O–H groups in total. The number of ether oxygens (including phenoxy) is 2. The summed E-state index contributed by atoms with van der Waals surface area (Å²) in [6.07, 6.45) is 3.26. The number of benzene rings is 3. The lowest BCUT2D eigenvalue weighted by Crippen LogP contribution is -2.24. The zero-order valence-corrected chi connectivity index (χ0v) is 19.5. The van der Waals surface area contributed by atoms with Crippen molar-refractivity contribution in [1.82, 2.24) is 15.2 Å². The molecular weight excluding hydrogens is 452 g/mol. The van der Waals surface area contributed by atoms with Crippen molar-refractivity contribution >= 4 is 23.7 Å². The Bertz CT molecular complexity index is 1300. The number of halogens is 1. The smallest absolute Gasteiger partial charge is 0.277 e. The van der Waals surface area contributed by atoms with Gasteiger partial charge in [-0.2, -0.15) is 10.2 Å². The Labute approximate surface area is 202 Å². The molecule has 8 heteroatoms. The Kier molecular flexibility index (Phi) is 7.25. The number of hydrogen-bond acceptors (Lipinski definition) is 5. The van der Waals surface area contributed by atoms with Crippen LogP contribution in [0.5, 0.6) is 11.5 Å². The van der Waals surface area contributed by atoms with Crippen LogP contribution in [0.3, 0.4) is 0 Å². The molecule has 3 aromatic carbocycles. The molecule has 0 atom stereocenters. The molecule has 0 saturated carbocycles. The van der Waals surface area contributed by atoms with E-state index in [0.717, 1.165) is 33.8 Å². The molecule has 0 saturated heterocycles. The van der Waals surface area contributed by atoms with Gasteiger partial charge >= 0.3 is 0 Å². The monoisotopic (exact) mass is 474 g/mol. The van der Waals surface area contributed by atoms with Gasteiger partial charge in [-0.25, -0.2) is 10.1 Å². The summed E-state index contributed by atoms with van der Waals surface area (Å²) in [5.74, 6) is 0.881. The Morgan fingerprint density at radius 1 is 1.12 bits per heavy atom. The number of rotatable bonds is 8. The average molecular weight is 475 g/mol. The highest BCUT2D eigenvalue weighted by atomic mass is 35.5. The summed E-state index contributed by atoms with van der Waals surface area (Å²) < 4.78 is 12.8. The number of carbonyl (C=O) groups excluding carboxylic acids is 1. The third-order valence-electron chi connectivity index (χ3n) is 5.06. The van der Waals surface area contributed by atoms with E-state index in [1.165, 1.54) is 0 Å². The van der Waals surface area contributed by atoms with Gasteiger partial charge in [0.2, 0.25) is 0 Å². The van der Waals surface area contributed by atoms with Crippen LogP contribution in [0, 0.1) is 6.92 Å². The van der Waals surface area contributed by atoms with Crippen LogP contribution in [0.25, 0.3) is 16.9 Å². The van der Waals surface area contributed by atoms with E-state index in [-0.39, 0.29) is 12.5 Å². The summed E-state index contributed by atoms with van der Waals surface area (Å²) >= 11 is 6.42. The second-order valence-corrected chi connectivity index (χ2v) is 7.82. The second-order valence-electron chi connectivity index (χ2n) is 7.42. The molecule has 1 amide bonds. The third kappa shape index (κ3) is 5.44. The van der Waals surface area contributed by atoms with Gasteiger partial charge in [0.05, 0.1) is 30.9 Å². The van der Waals surface area contributed by atoms with Crippen LogP contribution in [0.2, 0.25) is 5.02 Å². The molecule has 4 aromatic rings. The lowest BCUT2D eigenvalue weighted by molar-refractivity contribution is -0.123. The first-order valence-corrected chi connectivity index (χ1v) is 10.9. The van der Waals surface area contributed by atoms with Crippen LogP contribution < -0.4 is 14.9 Å². The first kappa shape index (κ1) is 23.1. The molecule has 0 aliphatic heterocycles. The Morgan fingerprint density at radius 2 is 1.88 bits per heavy atom. The number of amides is 1. The maximum Gasteiger partial charge on any atom is 0.277 e. The fourth-order valence-electron chi connectivity index (χ4n) is 3.30. The molecule has 0 bridgehead atoms. The maximum absolute atomic E-state index is 12.3. The van der Waals surface area contributed by atoms with Crippen LogP contribution in [0.1, 0.15) is 11.1 Å². The van der Waals surface area contributed by atoms with E-state index in [0.29, 0.717) is 10.8 Å². The molecule has 7 nitrogen and oxygen atoms in total. The standard InChI is InChI=1S/C26H23ClN4O3/c1-18-14-25(34-17-26(32)30-28-16-19-8-10-21(33-2)11-9-19)22(15-23(18)27)24-12-13-29-31(24)20-6-4-3-5-7-20/h3-16H,17H2,1-2H3,(H,30,32)/b28-16+. The van der Waals surface area contributed by atoms with Crippen molar-refractivity contribution in [3.63, 3.8) is 0 Å². The number of methoxy groups -OCH3 is 1. The molecule has 0 unspecified atom stereocenters. The van der Waals surface area contributed by atoms with Crippen LogP contribution in [-0.4, -0.2) is 35.6 Å². The summed E-state index contributed by atoms with van der Waals surface area (Å²) in [5.41, 5.74) is 6.56. The number of aryl methyl sites for hydroxylation is 1. The number of aromatic nitrogens is 2. The van der Waals surface area contributed by atoms with Gasteiger partial charge in [0.1, 0.15) is 11.5 Å². The van der Waals surface area contributed by atoms with E-state index in [2.05, 4.69) is 15.6 Å². The third-order valence-corrected chi connectivity index (χ3v) is 5.46. The van der Waals surface area contributed by atoms with Gasteiger partial charge in [-0.05, 0) is 72.6 Å². The molecule has 4 rings (SSSR count).